The zero-order chi connectivity index (χ0) is 28.3. The lowest BCUT2D eigenvalue weighted by molar-refractivity contribution is -0.116. The fraction of sp³-hybridized carbons (Fsp3) is 0.258. The molecule has 2 heterocycles. The molecular formula is C31H28Cl2N4O3S. The molecule has 0 fully saturated rings. The molecule has 0 saturated carbocycles. The number of anilines is 1. The molecule has 7 nitrogen and oxygen atoms in total. The number of ether oxygens (including phenoxy) is 2. The predicted molar refractivity (Wildman–Crippen MR) is 162 cm³/mol. The molecule has 0 saturated heterocycles. The normalized spacial score (nSPS) is 16.2. The SMILES string of the molecule is CCOc1cc(C2C3=C(CCCC3=O)Nc3nc(SCc4ccccc4Cl)nn32)ccc1OCc1ccc(Cl)cc1. The Labute approximate surface area is 252 Å². The van der Waals surface area contributed by atoms with Crippen molar-refractivity contribution in [2.24, 2.45) is 0 Å². The highest BCUT2D eigenvalue weighted by Crippen LogP contribution is 2.43. The van der Waals surface area contributed by atoms with Gasteiger partial charge in [0.15, 0.2) is 17.3 Å². The zero-order valence-electron chi connectivity index (χ0n) is 22.4. The van der Waals surface area contributed by atoms with Crippen LogP contribution in [-0.2, 0) is 17.2 Å². The van der Waals surface area contributed by atoms with Crippen LogP contribution in [0.1, 0.15) is 48.9 Å². The first-order valence-electron chi connectivity index (χ1n) is 13.5. The van der Waals surface area contributed by atoms with Gasteiger partial charge in [-0.1, -0.05) is 71.4 Å². The standard InChI is InChI=1S/C31H28Cl2N4O3S/c1-2-39-27-16-20(12-15-26(27)40-17-19-10-13-22(32)14-11-19)29-28-24(8-5-9-25(28)38)34-30-35-31(36-37(29)30)41-18-21-6-3-4-7-23(21)33/h3-4,6-7,10-16,29H,2,5,8-9,17-18H2,1H3,(H,34,35,36). The smallest absolute Gasteiger partial charge is 0.227 e. The minimum absolute atomic E-state index is 0.121. The van der Waals surface area contributed by atoms with Crippen molar-refractivity contribution in [1.29, 1.82) is 0 Å². The Balaban J connectivity index is 1.32. The number of aromatic nitrogens is 3. The van der Waals surface area contributed by atoms with Crippen LogP contribution < -0.4 is 14.8 Å². The molecule has 0 radical (unpaired) electrons. The lowest BCUT2D eigenvalue weighted by Crippen LogP contribution is -2.31. The van der Waals surface area contributed by atoms with Crippen LogP contribution in [0.5, 0.6) is 11.5 Å². The molecule has 3 aromatic carbocycles. The van der Waals surface area contributed by atoms with E-state index < -0.39 is 6.04 Å². The number of allylic oxidation sites excluding steroid dienone is 2. The molecule has 0 spiro atoms. The van der Waals surface area contributed by atoms with Gasteiger partial charge in [-0.2, -0.15) is 4.98 Å². The van der Waals surface area contributed by atoms with Gasteiger partial charge in [0.2, 0.25) is 11.1 Å². The van der Waals surface area contributed by atoms with Crippen molar-refractivity contribution in [1.82, 2.24) is 14.8 Å². The second-order valence-corrected chi connectivity index (χ2v) is 11.6. The molecule has 1 atom stereocenters. The molecule has 6 rings (SSSR count). The summed E-state index contributed by atoms with van der Waals surface area (Å²) < 4.78 is 14.0. The fourth-order valence-electron chi connectivity index (χ4n) is 5.09. The molecule has 4 aromatic rings. The Morgan fingerprint density at radius 3 is 2.66 bits per heavy atom. The minimum Gasteiger partial charge on any atom is -0.490 e. The first-order valence-corrected chi connectivity index (χ1v) is 15.2. The van der Waals surface area contributed by atoms with Gasteiger partial charge >= 0.3 is 0 Å². The molecule has 1 N–H and O–H groups in total. The second kappa shape index (κ2) is 12.2. The average molecular weight is 608 g/mol. The molecule has 1 aliphatic carbocycles. The van der Waals surface area contributed by atoms with Gasteiger partial charge in [-0.25, -0.2) is 4.68 Å². The van der Waals surface area contributed by atoms with Gasteiger partial charge in [0.1, 0.15) is 12.6 Å². The zero-order valence-corrected chi connectivity index (χ0v) is 24.7. The number of hydrogen-bond donors (Lipinski definition) is 1. The quantitative estimate of drug-likeness (QED) is 0.194. The highest BCUT2D eigenvalue weighted by atomic mass is 35.5. The first kappa shape index (κ1) is 27.7. The van der Waals surface area contributed by atoms with Gasteiger partial charge < -0.3 is 14.8 Å². The summed E-state index contributed by atoms with van der Waals surface area (Å²) in [6.07, 6.45) is 2.10. The summed E-state index contributed by atoms with van der Waals surface area (Å²) >= 11 is 13.9. The van der Waals surface area contributed by atoms with Gasteiger partial charge in [-0.3, -0.25) is 4.79 Å². The number of rotatable bonds is 9. The minimum atomic E-state index is -0.430. The number of nitrogens with zero attached hydrogens (tertiary/aromatic N) is 3. The maximum Gasteiger partial charge on any atom is 0.227 e. The van der Waals surface area contributed by atoms with Gasteiger partial charge in [0, 0.05) is 33.5 Å². The molecule has 1 unspecified atom stereocenters. The predicted octanol–water partition coefficient (Wildman–Crippen LogP) is 7.88. The molecule has 0 bridgehead atoms. The maximum atomic E-state index is 13.3. The van der Waals surface area contributed by atoms with Crippen molar-refractivity contribution < 1.29 is 14.3 Å². The lowest BCUT2D eigenvalue weighted by Gasteiger charge is -2.32. The summed E-state index contributed by atoms with van der Waals surface area (Å²) in [7, 11) is 0. The Morgan fingerprint density at radius 1 is 1.02 bits per heavy atom. The number of fused-ring (bicyclic) bond motifs is 1. The van der Waals surface area contributed by atoms with E-state index in [1.54, 1.807) is 0 Å². The summed E-state index contributed by atoms with van der Waals surface area (Å²) in [6.45, 7) is 2.78. The number of ketones is 1. The summed E-state index contributed by atoms with van der Waals surface area (Å²) in [5.74, 6) is 2.60. The van der Waals surface area contributed by atoms with E-state index >= 15 is 0 Å². The highest BCUT2D eigenvalue weighted by molar-refractivity contribution is 7.98. The topological polar surface area (TPSA) is 78.3 Å². The number of halogens is 2. The van der Waals surface area contributed by atoms with E-state index in [2.05, 4.69) is 5.32 Å². The Kier molecular flexibility index (Phi) is 8.23. The average Bonchev–Trinajstić information content (AvgIpc) is 3.38. The van der Waals surface area contributed by atoms with E-state index in [9.17, 15) is 4.79 Å². The summed E-state index contributed by atoms with van der Waals surface area (Å²) in [6, 6.07) is 20.7. The Morgan fingerprint density at radius 2 is 1.85 bits per heavy atom. The van der Waals surface area contributed by atoms with E-state index in [0.717, 1.165) is 40.8 Å². The number of carbonyl (C=O) groups excluding carboxylic acids is 1. The number of carbonyl (C=O) groups is 1. The highest BCUT2D eigenvalue weighted by Gasteiger charge is 2.37. The van der Waals surface area contributed by atoms with E-state index in [1.807, 2.05) is 78.3 Å². The Bertz CT molecular complexity index is 1620. The van der Waals surface area contributed by atoms with Crippen LogP contribution in [0.2, 0.25) is 10.0 Å². The first-order chi connectivity index (χ1) is 20.0. The Hall–Kier alpha value is -3.46. The number of hydrogen-bond acceptors (Lipinski definition) is 7. The number of Topliss-reactive ketones (excluding diaryl/α,β-unsaturated/α-hetero) is 1. The molecule has 0 amide bonds. The molecule has 10 heteroatoms. The van der Waals surface area contributed by atoms with Crippen molar-refractivity contribution in [3.63, 3.8) is 0 Å². The third-order valence-corrected chi connectivity index (χ3v) is 8.56. The van der Waals surface area contributed by atoms with Crippen molar-refractivity contribution in [3.05, 3.63) is 105 Å². The molecular weight excluding hydrogens is 579 g/mol. The number of benzene rings is 3. The third-order valence-electron chi connectivity index (χ3n) is 7.05. The fourth-order valence-corrected chi connectivity index (χ4v) is 6.33. The molecule has 41 heavy (non-hydrogen) atoms. The monoisotopic (exact) mass is 606 g/mol. The van der Waals surface area contributed by atoms with Crippen LogP contribution in [0.4, 0.5) is 5.95 Å². The van der Waals surface area contributed by atoms with Crippen LogP contribution >= 0.6 is 35.0 Å². The van der Waals surface area contributed by atoms with Crippen molar-refractivity contribution in [3.8, 4) is 11.5 Å². The van der Waals surface area contributed by atoms with E-state index in [-0.39, 0.29) is 5.78 Å². The van der Waals surface area contributed by atoms with Crippen LogP contribution in [0.25, 0.3) is 0 Å². The number of thioether (sulfide) groups is 1. The third kappa shape index (κ3) is 5.96. The van der Waals surface area contributed by atoms with Crippen LogP contribution in [0.15, 0.2) is 83.2 Å². The van der Waals surface area contributed by atoms with E-state index in [4.69, 9.17) is 42.8 Å². The maximum absolute atomic E-state index is 13.3. The van der Waals surface area contributed by atoms with Crippen LogP contribution in [-0.4, -0.2) is 27.2 Å². The molecule has 210 valence electrons. The van der Waals surface area contributed by atoms with Crippen LogP contribution in [0.3, 0.4) is 0 Å². The van der Waals surface area contributed by atoms with Gasteiger partial charge in [0.05, 0.1) is 6.61 Å². The van der Waals surface area contributed by atoms with Crippen LogP contribution in [0, 0.1) is 0 Å². The van der Waals surface area contributed by atoms with Gasteiger partial charge in [-0.05, 0) is 66.8 Å². The molecule has 1 aromatic heterocycles. The van der Waals surface area contributed by atoms with E-state index in [0.29, 0.717) is 58.0 Å². The summed E-state index contributed by atoms with van der Waals surface area (Å²) in [5, 5.41) is 10.3. The largest absolute Gasteiger partial charge is 0.490 e. The van der Waals surface area contributed by atoms with E-state index in [1.165, 1.54) is 11.8 Å². The summed E-state index contributed by atoms with van der Waals surface area (Å²) in [4.78, 5) is 18.1. The van der Waals surface area contributed by atoms with Gasteiger partial charge in [0.25, 0.3) is 0 Å². The van der Waals surface area contributed by atoms with Crippen molar-refractivity contribution >= 4 is 46.7 Å². The second-order valence-electron chi connectivity index (χ2n) is 9.79. The van der Waals surface area contributed by atoms with Crippen molar-refractivity contribution in [2.45, 2.75) is 49.7 Å². The molecule has 2 aliphatic rings. The number of nitrogens with one attached hydrogen (secondary N) is 1. The van der Waals surface area contributed by atoms with Gasteiger partial charge in [-0.15, -0.1) is 5.10 Å². The molecule has 1 aliphatic heterocycles. The summed E-state index contributed by atoms with van der Waals surface area (Å²) in [5.41, 5.74) is 4.53. The van der Waals surface area contributed by atoms with Crippen molar-refractivity contribution in [2.75, 3.05) is 11.9 Å². The lowest BCUT2D eigenvalue weighted by atomic mass is 9.85.